The van der Waals surface area contributed by atoms with E-state index in [1.165, 1.54) is 0 Å². The van der Waals surface area contributed by atoms with Crippen molar-refractivity contribution >= 4 is 6.09 Å². The summed E-state index contributed by atoms with van der Waals surface area (Å²) in [4.78, 5) is 15.5. The first-order valence-electron chi connectivity index (χ1n) is 5.82. The highest BCUT2D eigenvalue weighted by Gasteiger charge is 2.21. The Kier molecular flexibility index (Phi) is 5.12. The van der Waals surface area contributed by atoms with Gasteiger partial charge in [0.05, 0.1) is 0 Å². The van der Waals surface area contributed by atoms with Crippen LogP contribution >= 0.6 is 0 Å². The predicted molar refractivity (Wildman–Crippen MR) is 67.0 cm³/mol. The fourth-order valence-electron chi connectivity index (χ4n) is 1.40. The van der Waals surface area contributed by atoms with Crippen LogP contribution in [0.3, 0.4) is 0 Å². The van der Waals surface area contributed by atoms with E-state index in [0.29, 0.717) is 6.54 Å². The topological polar surface area (TPSA) is 67.8 Å². The maximum absolute atomic E-state index is 11.1. The lowest BCUT2D eigenvalue weighted by Crippen LogP contribution is -2.23. The Morgan fingerprint density at radius 2 is 1.94 bits per heavy atom. The molecular formula is C13H19NO4. The third-order valence-corrected chi connectivity index (χ3v) is 2.57. The van der Waals surface area contributed by atoms with Gasteiger partial charge >= 0.3 is 6.09 Å². The van der Waals surface area contributed by atoms with Crippen molar-refractivity contribution in [3.63, 3.8) is 0 Å². The van der Waals surface area contributed by atoms with E-state index in [1.807, 2.05) is 31.2 Å². The quantitative estimate of drug-likeness (QED) is 0.625. The third kappa shape index (κ3) is 4.01. The zero-order chi connectivity index (χ0) is 13.6. The van der Waals surface area contributed by atoms with Gasteiger partial charge in [-0.25, -0.2) is 9.68 Å². The number of rotatable bonds is 5. The molecule has 100 valence electrons. The van der Waals surface area contributed by atoms with Crippen LogP contribution in [0.2, 0.25) is 0 Å². The smallest absolute Gasteiger partial charge is 0.407 e. The maximum Gasteiger partial charge on any atom is 0.407 e. The third-order valence-electron chi connectivity index (χ3n) is 2.57. The fraction of sp³-hybridized carbons (Fsp3) is 0.462. The Morgan fingerprint density at radius 3 is 2.44 bits per heavy atom. The van der Waals surface area contributed by atoms with Crippen molar-refractivity contribution in [2.75, 3.05) is 6.54 Å². The molecule has 0 radical (unpaired) electrons. The lowest BCUT2D eigenvalue weighted by atomic mass is 9.97. The van der Waals surface area contributed by atoms with E-state index in [2.05, 4.69) is 10.2 Å². The summed E-state index contributed by atoms with van der Waals surface area (Å²) in [6, 6.07) is 7.31. The van der Waals surface area contributed by atoms with Gasteiger partial charge in [0.2, 0.25) is 0 Å². The minimum Gasteiger partial charge on any atom is -0.445 e. The van der Waals surface area contributed by atoms with Gasteiger partial charge in [-0.15, -0.1) is 0 Å². The minimum atomic E-state index is -0.751. The summed E-state index contributed by atoms with van der Waals surface area (Å²) >= 11 is 0. The Bertz CT molecular complexity index is 386. The summed E-state index contributed by atoms with van der Waals surface area (Å²) < 4.78 is 4.99. The largest absolute Gasteiger partial charge is 0.445 e. The van der Waals surface area contributed by atoms with Crippen molar-refractivity contribution in [2.24, 2.45) is 0 Å². The first-order chi connectivity index (χ1) is 8.49. The van der Waals surface area contributed by atoms with Gasteiger partial charge in [-0.2, -0.15) is 0 Å². The molecule has 1 rings (SSSR count). The molecule has 1 aromatic carbocycles. The molecule has 0 spiro atoms. The van der Waals surface area contributed by atoms with Gasteiger partial charge < -0.3 is 10.1 Å². The Hall–Kier alpha value is -1.59. The summed E-state index contributed by atoms with van der Waals surface area (Å²) in [5.74, 6) is 0. The summed E-state index contributed by atoms with van der Waals surface area (Å²) in [5, 5.41) is 11.3. The Labute approximate surface area is 107 Å². The van der Waals surface area contributed by atoms with Crippen LogP contribution in [0.15, 0.2) is 24.3 Å². The van der Waals surface area contributed by atoms with Gasteiger partial charge in [0, 0.05) is 6.54 Å². The zero-order valence-electron chi connectivity index (χ0n) is 10.9. The van der Waals surface area contributed by atoms with Crippen molar-refractivity contribution in [2.45, 2.75) is 33.0 Å². The van der Waals surface area contributed by atoms with Gasteiger partial charge in [0.25, 0.3) is 0 Å². The second kappa shape index (κ2) is 6.37. The molecule has 0 atom stereocenters. The molecule has 1 amide bonds. The summed E-state index contributed by atoms with van der Waals surface area (Å²) in [6.07, 6.45) is -0.430. The van der Waals surface area contributed by atoms with Crippen LogP contribution in [0.1, 0.15) is 31.9 Å². The summed E-state index contributed by atoms with van der Waals surface area (Å²) in [7, 11) is 0. The second-order valence-corrected chi connectivity index (χ2v) is 4.40. The molecular weight excluding hydrogens is 234 g/mol. The van der Waals surface area contributed by atoms with Crippen molar-refractivity contribution < 1.29 is 19.7 Å². The van der Waals surface area contributed by atoms with E-state index in [4.69, 9.17) is 9.99 Å². The normalized spacial score (nSPS) is 11.1. The maximum atomic E-state index is 11.1. The van der Waals surface area contributed by atoms with Crippen LogP contribution in [0.5, 0.6) is 0 Å². The monoisotopic (exact) mass is 253 g/mol. The number of alkyl carbamates (subject to hydrolysis) is 1. The number of carbonyl (C=O) groups is 1. The van der Waals surface area contributed by atoms with Crippen molar-refractivity contribution in [3.8, 4) is 0 Å². The van der Waals surface area contributed by atoms with Crippen LogP contribution in [0, 0.1) is 0 Å². The van der Waals surface area contributed by atoms with Gasteiger partial charge in [-0.1, -0.05) is 24.3 Å². The standard InChI is InChI=1S/C13H19NO4/c1-4-14-12(15)17-9-10-5-7-11(8-6-10)13(2,3)18-16/h5-8,16H,4,9H2,1-3H3,(H,14,15). The molecule has 0 heterocycles. The summed E-state index contributed by atoms with van der Waals surface area (Å²) in [6.45, 7) is 6.10. The molecule has 0 aromatic heterocycles. The minimum absolute atomic E-state index is 0.215. The van der Waals surface area contributed by atoms with Gasteiger partial charge in [0.15, 0.2) is 0 Å². The van der Waals surface area contributed by atoms with Crippen LogP contribution in [-0.2, 0) is 21.8 Å². The highest BCUT2D eigenvalue weighted by atomic mass is 17.1. The van der Waals surface area contributed by atoms with Gasteiger partial charge in [0.1, 0.15) is 12.2 Å². The number of carbonyl (C=O) groups excluding carboxylic acids is 1. The number of benzene rings is 1. The van der Waals surface area contributed by atoms with Crippen molar-refractivity contribution in [3.05, 3.63) is 35.4 Å². The average molecular weight is 253 g/mol. The molecule has 1 aromatic rings. The van der Waals surface area contributed by atoms with Crippen molar-refractivity contribution in [1.29, 1.82) is 0 Å². The SMILES string of the molecule is CCNC(=O)OCc1ccc(C(C)(C)OO)cc1. The Balaban J connectivity index is 2.58. The van der Waals surface area contributed by atoms with Crippen LogP contribution < -0.4 is 5.32 Å². The number of amides is 1. The van der Waals surface area contributed by atoms with Crippen LogP contribution in [0.4, 0.5) is 4.79 Å². The molecule has 0 aliphatic rings. The van der Waals surface area contributed by atoms with E-state index in [1.54, 1.807) is 13.8 Å². The summed E-state index contributed by atoms with van der Waals surface area (Å²) in [5.41, 5.74) is 0.962. The predicted octanol–water partition coefficient (Wildman–Crippen LogP) is 2.66. The van der Waals surface area contributed by atoms with E-state index in [0.717, 1.165) is 11.1 Å². The molecule has 0 aliphatic heterocycles. The molecule has 0 saturated carbocycles. The molecule has 2 N–H and O–H groups in total. The molecule has 5 nitrogen and oxygen atoms in total. The number of hydrogen-bond acceptors (Lipinski definition) is 4. The first-order valence-corrected chi connectivity index (χ1v) is 5.82. The molecule has 18 heavy (non-hydrogen) atoms. The Morgan fingerprint density at radius 1 is 1.33 bits per heavy atom. The highest BCUT2D eigenvalue weighted by Crippen LogP contribution is 2.23. The molecule has 0 aliphatic carbocycles. The van der Waals surface area contributed by atoms with E-state index >= 15 is 0 Å². The van der Waals surface area contributed by atoms with Crippen molar-refractivity contribution in [1.82, 2.24) is 5.32 Å². The highest BCUT2D eigenvalue weighted by molar-refractivity contribution is 5.66. The molecule has 0 bridgehead atoms. The number of nitrogens with one attached hydrogen (secondary N) is 1. The van der Waals surface area contributed by atoms with E-state index in [9.17, 15) is 4.79 Å². The average Bonchev–Trinajstić information content (AvgIpc) is 2.37. The second-order valence-electron chi connectivity index (χ2n) is 4.40. The molecule has 0 fully saturated rings. The first kappa shape index (κ1) is 14.5. The van der Waals surface area contributed by atoms with E-state index < -0.39 is 11.7 Å². The number of hydrogen-bond donors (Lipinski definition) is 2. The van der Waals surface area contributed by atoms with Gasteiger partial charge in [-0.3, -0.25) is 5.26 Å². The van der Waals surface area contributed by atoms with Crippen LogP contribution in [-0.4, -0.2) is 17.9 Å². The van der Waals surface area contributed by atoms with Crippen LogP contribution in [0.25, 0.3) is 0 Å². The zero-order valence-corrected chi connectivity index (χ0v) is 10.9. The van der Waals surface area contributed by atoms with E-state index in [-0.39, 0.29) is 6.61 Å². The fourth-order valence-corrected chi connectivity index (χ4v) is 1.40. The number of ether oxygens (including phenoxy) is 1. The lowest BCUT2D eigenvalue weighted by Gasteiger charge is -2.21. The molecule has 0 saturated heterocycles. The molecule has 0 unspecified atom stereocenters. The molecule has 5 heteroatoms. The van der Waals surface area contributed by atoms with Gasteiger partial charge in [-0.05, 0) is 31.9 Å². The lowest BCUT2D eigenvalue weighted by molar-refractivity contribution is -0.318.